The van der Waals surface area contributed by atoms with Crippen LogP contribution < -0.4 is 9.44 Å². The predicted molar refractivity (Wildman–Crippen MR) is 235 cm³/mol. The van der Waals surface area contributed by atoms with Crippen molar-refractivity contribution >= 4 is 43.4 Å². The summed E-state index contributed by atoms with van der Waals surface area (Å²) < 4.78 is 49.7. The Labute approximate surface area is 348 Å². The molecule has 0 amide bonds. The highest BCUT2D eigenvalue weighted by Gasteiger charge is 2.12. The number of aliphatic carboxylic acids is 2. The Morgan fingerprint density at radius 1 is 0.534 bits per heavy atom. The van der Waals surface area contributed by atoms with Crippen molar-refractivity contribution in [2.45, 2.75) is 117 Å². The molecule has 2 aromatic rings. The lowest BCUT2D eigenvalue weighted by atomic mass is 10.0. The molecule has 332 valence electrons. The van der Waals surface area contributed by atoms with Crippen LogP contribution in [-0.2, 0) is 29.6 Å². The van der Waals surface area contributed by atoms with Crippen molar-refractivity contribution in [2.75, 3.05) is 61.2 Å². The average molecular weight is 857 g/mol. The molecule has 14 nitrogen and oxygen atoms in total. The lowest BCUT2D eigenvalue weighted by Crippen LogP contribution is -2.27. The van der Waals surface area contributed by atoms with E-state index in [9.17, 15) is 36.6 Å². The third-order valence-electron chi connectivity index (χ3n) is 8.78. The monoisotopic (exact) mass is 856 g/mol. The van der Waals surface area contributed by atoms with Crippen molar-refractivity contribution in [3.8, 4) is 0 Å². The van der Waals surface area contributed by atoms with Gasteiger partial charge in [-0.05, 0) is 126 Å². The van der Waals surface area contributed by atoms with E-state index < -0.39 is 44.2 Å². The molecule has 6 N–H and O–H groups in total. The van der Waals surface area contributed by atoms with Gasteiger partial charge in [-0.15, -0.1) is 0 Å². The first-order chi connectivity index (χ1) is 27.3. The number of anilines is 2. The molecule has 2 rings (SSSR count). The largest absolute Gasteiger partial charge is 0.478 e. The Morgan fingerprint density at radius 2 is 0.793 bits per heavy atom. The first-order valence-electron chi connectivity index (χ1n) is 20.4. The Balaban J connectivity index is 0.000000943. The minimum atomic E-state index is -3.27. The van der Waals surface area contributed by atoms with Gasteiger partial charge in [-0.3, -0.25) is 9.44 Å². The van der Waals surface area contributed by atoms with Crippen LogP contribution in [0.1, 0.15) is 128 Å². The summed E-state index contributed by atoms with van der Waals surface area (Å²) >= 11 is 0. The molecule has 58 heavy (non-hydrogen) atoms. The molecule has 16 heteroatoms. The number of hydrogen-bond acceptors (Lipinski definition) is 10. The van der Waals surface area contributed by atoms with E-state index in [1.54, 1.807) is 48.5 Å². The molecule has 0 bridgehead atoms. The van der Waals surface area contributed by atoms with Gasteiger partial charge in [0, 0.05) is 23.5 Å². The summed E-state index contributed by atoms with van der Waals surface area (Å²) in [4.78, 5) is 24.1. The van der Waals surface area contributed by atoms with E-state index in [1.165, 1.54) is 51.4 Å². The molecule has 2 atom stereocenters. The van der Waals surface area contributed by atoms with Crippen LogP contribution in [0.3, 0.4) is 0 Å². The molecule has 0 aliphatic carbocycles. The third kappa shape index (κ3) is 30.5. The van der Waals surface area contributed by atoms with E-state index >= 15 is 0 Å². The predicted octanol–water partition coefficient (Wildman–Crippen LogP) is 7.26. The number of aliphatic hydroxyl groups excluding tert-OH is 2. The number of nitrogens with zero attached hydrogens (tertiary/aromatic N) is 2. The molecule has 0 fully saturated rings. The maximum atomic E-state index is 11.2. The fourth-order valence-electron chi connectivity index (χ4n) is 5.66. The number of unbranched alkanes of at least 4 members (excludes halogenated alkanes) is 4. The van der Waals surface area contributed by atoms with E-state index in [4.69, 9.17) is 10.2 Å². The molecular formula is C42H72N4O10S2. The molecule has 0 aliphatic heterocycles. The van der Waals surface area contributed by atoms with Gasteiger partial charge >= 0.3 is 11.9 Å². The number of sulfonamides is 2. The third-order valence-corrected chi connectivity index (χ3v) is 9.99. The van der Waals surface area contributed by atoms with Gasteiger partial charge < -0.3 is 30.2 Å². The molecule has 0 heterocycles. The first-order valence-corrected chi connectivity index (χ1v) is 24.2. The number of carboxylic acids is 2. The lowest BCUT2D eigenvalue weighted by molar-refractivity contribution is -0.134. The minimum absolute atomic E-state index is 0.508. The number of carboxylic acid groups (broad SMARTS) is 2. The molecule has 2 aromatic carbocycles. The highest BCUT2D eigenvalue weighted by molar-refractivity contribution is 7.92. The SMILES string of the molecule is CCCCN(CCCC)CCC[C@H](O)c1ccc(NS(C)(=O)=O)cc1.CCCCN(CCCC)CCC[C@H](O)c1ccc(NS(C)(=O)=O)cc1.O=C(O)/C=C/C(=O)O. The van der Waals surface area contributed by atoms with Crippen LogP contribution in [0.2, 0.25) is 0 Å². The van der Waals surface area contributed by atoms with Crippen LogP contribution >= 0.6 is 0 Å². The number of carbonyl (C=O) groups is 2. The lowest BCUT2D eigenvalue weighted by Gasteiger charge is -2.22. The van der Waals surface area contributed by atoms with E-state index in [2.05, 4.69) is 46.9 Å². The van der Waals surface area contributed by atoms with Gasteiger partial charge in [0.25, 0.3) is 0 Å². The quantitative estimate of drug-likeness (QED) is 0.0467. The number of rotatable bonds is 28. The molecule has 0 saturated carbocycles. The summed E-state index contributed by atoms with van der Waals surface area (Å²) in [6, 6.07) is 13.9. The highest BCUT2D eigenvalue weighted by Crippen LogP contribution is 2.22. The van der Waals surface area contributed by atoms with Crippen LogP contribution in [0.25, 0.3) is 0 Å². The maximum Gasteiger partial charge on any atom is 0.328 e. The molecule has 0 radical (unpaired) electrons. The van der Waals surface area contributed by atoms with Crippen LogP contribution in [0, 0.1) is 0 Å². The number of hydrogen-bond donors (Lipinski definition) is 6. The van der Waals surface area contributed by atoms with Gasteiger partial charge in [0.05, 0.1) is 24.7 Å². The van der Waals surface area contributed by atoms with Crippen molar-refractivity contribution in [1.29, 1.82) is 0 Å². The van der Waals surface area contributed by atoms with Crippen molar-refractivity contribution in [3.05, 3.63) is 71.8 Å². The Bertz CT molecular complexity index is 1500. The standard InChI is InChI=1S/2C19H34N2O3S.C4H4O4/c2*1-4-6-14-21(15-7-5-2)16-8-9-19(22)17-10-12-18(13-11-17)20-25(3,23)24;5-3(6)1-2-4(7)8/h2*10-13,19-20,22H,4-9,14-16H2,1-3H3;1-2H,(H,5,6)(H,7,8)/b;;2-1+/t2*19-;/m00./s1. The summed E-state index contributed by atoms with van der Waals surface area (Å²) in [7, 11) is -6.54. The van der Waals surface area contributed by atoms with E-state index in [0.717, 1.165) is 75.7 Å². The number of nitrogens with one attached hydrogen (secondary N) is 2. The number of aliphatic hydroxyl groups is 2. The zero-order valence-electron chi connectivity index (χ0n) is 35.6. The van der Waals surface area contributed by atoms with Gasteiger partial charge in [-0.25, -0.2) is 26.4 Å². The molecular weight excluding hydrogens is 785 g/mol. The second kappa shape index (κ2) is 31.4. The summed E-state index contributed by atoms with van der Waals surface area (Å²) in [5.74, 6) is -2.51. The van der Waals surface area contributed by atoms with Crippen LogP contribution in [0.5, 0.6) is 0 Å². The van der Waals surface area contributed by atoms with Crippen LogP contribution in [0.15, 0.2) is 60.7 Å². The zero-order valence-corrected chi connectivity index (χ0v) is 37.2. The van der Waals surface area contributed by atoms with Gasteiger partial charge in [-0.2, -0.15) is 0 Å². The molecule has 0 saturated heterocycles. The maximum absolute atomic E-state index is 11.2. The minimum Gasteiger partial charge on any atom is -0.478 e. The van der Waals surface area contributed by atoms with Crippen molar-refractivity contribution in [1.82, 2.24) is 9.80 Å². The van der Waals surface area contributed by atoms with Crippen LogP contribution in [0.4, 0.5) is 11.4 Å². The fraction of sp³-hybridized carbons (Fsp3) is 0.619. The molecule has 0 aliphatic rings. The normalized spacial score (nSPS) is 12.7. The summed E-state index contributed by atoms with van der Waals surface area (Å²) in [5.41, 5.74) is 2.69. The Kier molecular flexibility index (Phi) is 29.5. The Hall–Kier alpha value is -3.54. The summed E-state index contributed by atoms with van der Waals surface area (Å²) in [6.07, 6.45) is 15.4. The van der Waals surface area contributed by atoms with Crippen molar-refractivity contribution < 1.29 is 46.9 Å². The Morgan fingerprint density at radius 3 is 1.02 bits per heavy atom. The van der Waals surface area contributed by atoms with E-state index in [-0.39, 0.29) is 0 Å². The first kappa shape index (κ1) is 54.5. The van der Waals surface area contributed by atoms with Gasteiger partial charge in [0.1, 0.15) is 0 Å². The van der Waals surface area contributed by atoms with Gasteiger partial charge in [0.2, 0.25) is 20.0 Å². The van der Waals surface area contributed by atoms with Gasteiger partial charge in [0.15, 0.2) is 0 Å². The van der Waals surface area contributed by atoms with Crippen molar-refractivity contribution in [3.63, 3.8) is 0 Å². The topological polar surface area (TPSA) is 214 Å². The summed E-state index contributed by atoms with van der Waals surface area (Å²) in [5, 5.41) is 36.3. The molecule has 0 aromatic heterocycles. The zero-order chi connectivity index (χ0) is 44.0. The van der Waals surface area contributed by atoms with Gasteiger partial charge in [-0.1, -0.05) is 77.6 Å². The second-order valence-corrected chi connectivity index (χ2v) is 17.9. The summed E-state index contributed by atoms with van der Waals surface area (Å²) in [6.45, 7) is 15.4. The number of benzene rings is 2. The average Bonchev–Trinajstić information content (AvgIpc) is 3.15. The van der Waals surface area contributed by atoms with E-state index in [1.807, 2.05) is 0 Å². The van der Waals surface area contributed by atoms with E-state index in [0.29, 0.717) is 36.4 Å². The fourth-order valence-corrected chi connectivity index (χ4v) is 6.79. The van der Waals surface area contributed by atoms with Crippen molar-refractivity contribution in [2.24, 2.45) is 0 Å². The smallest absolute Gasteiger partial charge is 0.328 e. The second-order valence-electron chi connectivity index (χ2n) is 14.4. The molecule has 0 spiro atoms. The van der Waals surface area contributed by atoms with Crippen LogP contribution in [-0.4, -0.2) is 111 Å². The highest BCUT2D eigenvalue weighted by atomic mass is 32.2. The molecule has 0 unspecified atom stereocenters.